The maximum atomic E-state index is 12.8. The lowest BCUT2D eigenvalue weighted by Crippen LogP contribution is -2.40. The molecule has 1 amide bonds. The van der Waals surface area contributed by atoms with Crippen LogP contribution in [0.3, 0.4) is 0 Å². The van der Waals surface area contributed by atoms with Crippen molar-refractivity contribution in [2.24, 2.45) is 0 Å². The highest BCUT2D eigenvalue weighted by atomic mass is 32.2. The van der Waals surface area contributed by atoms with Crippen LogP contribution in [-0.2, 0) is 16.4 Å². The molecule has 6 heteroatoms. The predicted molar refractivity (Wildman–Crippen MR) is 86.8 cm³/mol. The summed E-state index contributed by atoms with van der Waals surface area (Å²) in [6, 6.07) is 12.3. The molecular formula is C17H19NO4S. The quantitative estimate of drug-likeness (QED) is 0.862. The monoisotopic (exact) mass is 333 g/mol. The van der Waals surface area contributed by atoms with Crippen LogP contribution in [0.2, 0.25) is 0 Å². The van der Waals surface area contributed by atoms with Gasteiger partial charge in [0, 0.05) is 11.6 Å². The summed E-state index contributed by atoms with van der Waals surface area (Å²) in [6.07, 6.45) is 0.473. The minimum atomic E-state index is -3.07. The molecule has 0 bridgehead atoms. The summed E-state index contributed by atoms with van der Waals surface area (Å²) in [5.74, 6) is 1.42. The second-order valence-corrected chi connectivity index (χ2v) is 8.10. The van der Waals surface area contributed by atoms with E-state index in [2.05, 4.69) is 0 Å². The molecule has 0 spiro atoms. The van der Waals surface area contributed by atoms with Crippen LogP contribution in [0.1, 0.15) is 28.3 Å². The molecule has 0 aliphatic carbocycles. The van der Waals surface area contributed by atoms with Crippen molar-refractivity contribution < 1.29 is 17.6 Å². The van der Waals surface area contributed by atoms with Crippen molar-refractivity contribution in [2.75, 3.05) is 11.5 Å². The van der Waals surface area contributed by atoms with Gasteiger partial charge in [-0.3, -0.25) is 4.79 Å². The number of nitrogens with zero attached hydrogens (tertiary/aromatic N) is 1. The number of amides is 1. The summed E-state index contributed by atoms with van der Waals surface area (Å²) in [7, 11) is -3.07. The van der Waals surface area contributed by atoms with Crippen LogP contribution in [0, 0.1) is 6.92 Å². The van der Waals surface area contributed by atoms with Crippen molar-refractivity contribution in [3.63, 3.8) is 0 Å². The van der Waals surface area contributed by atoms with Crippen LogP contribution in [0.15, 0.2) is 46.9 Å². The molecular weight excluding hydrogens is 314 g/mol. The van der Waals surface area contributed by atoms with E-state index >= 15 is 0 Å². The van der Waals surface area contributed by atoms with E-state index in [1.807, 2.05) is 25.1 Å². The second kappa shape index (κ2) is 6.20. The third-order valence-electron chi connectivity index (χ3n) is 4.05. The summed E-state index contributed by atoms with van der Waals surface area (Å²) >= 11 is 0. The number of rotatable bonds is 4. The SMILES string of the molecule is Cc1ccc(CN(C(=O)c2ccccc2)[C@@H]2CCS(=O)(=O)C2)o1. The van der Waals surface area contributed by atoms with Crippen LogP contribution in [0.4, 0.5) is 0 Å². The van der Waals surface area contributed by atoms with Crippen LogP contribution in [0.5, 0.6) is 0 Å². The van der Waals surface area contributed by atoms with E-state index in [0.717, 1.165) is 5.76 Å². The Morgan fingerprint density at radius 1 is 1.22 bits per heavy atom. The Morgan fingerprint density at radius 2 is 1.96 bits per heavy atom. The highest BCUT2D eigenvalue weighted by molar-refractivity contribution is 7.91. The van der Waals surface area contributed by atoms with E-state index < -0.39 is 9.84 Å². The van der Waals surface area contributed by atoms with Crippen molar-refractivity contribution in [1.82, 2.24) is 4.90 Å². The number of aryl methyl sites for hydroxylation is 1. The molecule has 1 aromatic heterocycles. The molecule has 1 atom stereocenters. The van der Waals surface area contributed by atoms with E-state index in [0.29, 0.717) is 17.7 Å². The van der Waals surface area contributed by atoms with Crippen LogP contribution < -0.4 is 0 Å². The van der Waals surface area contributed by atoms with E-state index in [4.69, 9.17) is 4.42 Å². The molecule has 1 aromatic carbocycles. The van der Waals surface area contributed by atoms with Gasteiger partial charge in [0.1, 0.15) is 11.5 Å². The first-order chi connectivity index (χ1) is 10.9. The third kappa shape index (κ3) is 3.64. The first kappa shape index (κ1) is 15.8. The molecule has 1 aliphatic heterocycles. The molecule has 1 aliphatic rings. The maximum Gasteiger partial charge on any atom is 0.254 e. The Labute approximate surface area is 135 Å². The van der Waals surface area contributed by atoms with Crippen LogP contribution >= 0.6 is 0 Å². The zero-order valence-corrected chi connectivity index (χ0v) is 13.8. The average molecular weight is 333 g/mol. The molecule has 0 unspecified atom stereocenters. The smallest absolute Gasteiger partial charge is 0.254 e. The van der Waals surface area contributed by atoms with Gasteiger partial charge >= 0.3 is 0 Å². The molecule has 2 aromatic rings. The molecule has 0 N–H and O–H groups in total. The minimum absolute atomic E-state index is 0.0191. The van der Waals surface area contributed by atoms with E-state index in [1.54, 1.807) is 29.2 Å². The molecule has 0 saturated carbocycles. The van der Waals surface area contributed by atoms with Crippen molar-refractivity contribution in [1.29, 1.82) is 0 Å². The lowest BCUT2D eigenvalue weighted by Gasteiger charge is -2.27. The van der Waals surface area contributed by atoms with Gasteiger partial charge in [0.25, 0.3) is 5.91 Å². The van der Waals surface area contributed by atoms with Crippen molar-refractivity contribution in [2.45, 2.75) is 25.9 Å². The number of carbonyl (C=O) groups excluding carboxylic acids is 1. The van der Waals surface area contributed by atoms with Gasteiger partial charge in [-0.25, -0.2) is 8.42 Å². The number of carbonyl (C=O) groups is 1. The topological polar surface area (TPSA) is 67.6 Å². The largest absolute Gasteiger partial charge is 0.464 e. The van der Waals surface area contributed by atoms with E-state index in [9.17, 15) is 13.2 Å². The maximum absolute atomic E-state index is 12.8. The molecule has 1 saturated heterocycles. The highest BCUT2D eigenvalue weighted by Gasteiger charge is 2.35. The number of hydrogen-bond donors (Lipinski definition) is 0. The molecule has 1 fully saturated rings. The van der Waals surface area contributed by atoms with Gasteiger partial charge in [0.05, 0.1) is 18.1 Å². The molecule has 0 radical (unpaired) electrons. The predicted octanol–water partition coefficient (Wildman–Crippen LogP) is 2.42. The summed E-state index contributed by atoms with van der Waals surface area (Å²) in [5, 5.41) is 0. The summed E-state index contributed by atoms with van der Waals surface area (Å²) in [5.41, 5.74) is 0.556. The minimum Gasteiger partial charge on any atom is -0.464 e. The lowest BCUT2D eigenvalue weighted by molar-refractivity contribution is 0.0665. The Morgan fingerprint density at radius 3 is 2.52 bits per heavy atom. The zero-order valence-electron chi connectivity index (χ0n) is 12.9. The average Bonchev–Trinajstić information content (AvgIpc) is 3.10. The Bertz CT molecular complexity index is 795. The van der Waals surface area contributed by atoms with E-state index in [-0.39, 0.29) is 30.0 Å². The van der Waals surface area contributed by atoms with Crippen molar-refractivity contribution in [3.8, 4) is 0 Å². The Balaban J connectivity index is 1.88. The van der Waals surface area contributed by atoms with Crippen molar-refractivity contribution >= 4 is 15.7 Å². The lowest BCUT2D eigenvalue weighted by atomic mass is 10.1. The third-order valence-corrected chi connectivity index (χ3v) is 5.80. The van der Waals surface area contributed by atoms with Gasteiger partial charge < -0.3 is 9.32 Å². The fourth-order valence-corrected chi connectivity index (χ4v) is 4.60. The first-order valence-corrected chi connectivity index (χ1v) is 9.38. The van der Waals surface area contributed by atoms with Crippen LogP contribution in [0.25, 0.3) is 0 Å². The summed E-state index contributed by atoms with van der Waals surface area (Å²) < 4.78 is 29.2. The van der Waals surface area contributed by atoms with Gasteiger partial charge in [-0.1, -0.05) is 18.2 Å². The highest BCUT2D eigenvalue weighted by Crippen LogP contribution is 2.23. The van der Waals surface area contributed by atoms with Crippen molar-refractivity contribution in [3.05, 3.63) is 59.5 Å². The number of benzene rings is 1. The van der Waals surface area contributed by atoms with Gasteiger partial charge in [0.2, 0.25) is 0 Å². The Kier molecular flexibility index (Phi) is 4.26. The number of sulfone groups is 1. The standard InChI is InChI=1S/C17H19NO4S/c1-13-7-8-16(22-13)11-18(15-9-10-23(20,21)12-15)17(19)14-5-3-2-4-6-14/h2-8,15H,9-12H2,1H3/t15-/m1/s1. The molecule has 5 nitrogen and oxygen atoms in total. The zero-order chi connectivity index (χ0) is 16.4. The molecule has 3 rings (SSSR count). The second-order valence-electron chi connectivity index (χ2n) is 5.87. The first-order valence-electron chi connectivity index (χ1n) is 7.56. The normalized spacial score (nSPS) is 19.6. The number of hydrogen-bond acceptors (Lipinski definition) is 4. The van der Waals surface area contributed by atoms with Gasteiger partial charge in [-0.05, 0) is 37.6 Å². The molecule has 122 valence electrons. The summed E-state index contributed by atoms with van der Waals surface area (Å²) in [6.45, 7) is 2.12. The number of furan rings is 1. The Hall–Kier alpha value is -2.08. The fraction of sp³-hybridized carbons (Fsp3) is 0.353. The molecule has 23 heavy (non-hydrogen) atoms. The fourth-order valence-electron chi connectivity index (χ4n) is 2.87. The van der Waals surface area contributed by atoms with Gasteiger partial charge in [-0.2, -0.15) is 0 Å². The van der Waals surface area contributed by atoms with Gasteiger partial charge in [-0.15, -0.1) is 0 Å². The van der Waals surface area contributed by atoms with Crippen LogP contribution in [-0.4, -0.2) is 36.8 Å². The molecule has 2 heterocycles. The summed E-state index contributed by atoms with van der Waals surface area (Å²) in [4.78, 5) is 14.5. The van der Waals surface area contributed by atoms with E-state index in [1.165, 1.54) is 0 Å². The van der Waals surface area contributed by atoms with Gasteiger partial charge in [0.15, 0.2) is 9.84 Å².